The van der Waals surface area contributed by atoms with Crippen LogP contribution in [0.3, 0.4) is 0 Å². The van der Waals surface area contributed by atoms with Crippen LogP contribution in [0.1, 0.15) is 25.8 Å². The minimum absolute atomic E-state index is 0.111. The summed E-state index contributed by atoms with van der Waals surface area (Å²) < 4.78 is 5.55. The maximum Gasteiger partial charge on any atom is 0.329 e. The summed E-state index contributed by atoms with van der Waals surface area (Å²) in [6, 6.07) is 13.4. The number of anilines is 1. The molecule has 0 aliphatic heterocycles. The van der Waals surface area contributed by atoms with E-state index in [1.54, 1.807) is 55.5 Å². The van der Waals surface area contributed by atoms with Gasteiger partial charge in [-0.05, 0) is 49.7 Å². The molecular weight excluding hydrogens is 408 g/mol. The fraction of sp³-hybridized carbons (Fsp3) is 0.238. The lowest BCUT2D eigenvalue weighted by Gasteiger charge is -2.10. The zero-order chi connectivity index (χ0) is 21.9. The monoisotopic (exact) mass is 430 g/mol. The number of rotatable bonds is 8. The van der Waals surface area contributed by atoms with Gasteiger partial charge in [0.2, 0.25) is 0 Å². The first-order valence-corrected chi connectivity index (χ1v) is 9.68. The van der Waals surface area contributed by atoms with Crippen LogP contribution in [0.2, 0.25) is 5.02 Å². The van der Waals surface area contributed by atoms with Crippen LogP contribution in [0.5, 0.6) is 5.75 Å². The van der Waals surface area contributed by atoms with E-state index < -0.39 is 11.8 Å². The molecule has 0 spiro atoms. The number of hydrazone groups is 1. The number of halogens is 1. The van der Waals surface area contributed by atoms with E-state index in [4.69, 9.17) is 16.3 Å². The molecule has 0 aromatic heterocycles. The summed E-state index contributed by atoms with van der Waals surface area (Å²) in [5.74, 6) is -1.58. The minimum atomic E-state index is -0.868. The average Bonchev–Trinajstić information content (AvgIpc) is 2.74. The molecule has 1 atom stereocenters. The second kappa shape index (κ2) is 11.6. The van der Waals surface area contributed by atoms with Crippen LogP contribution in [0.25, 0.3) is 0 Å². The summed E-state index contributed by atoms with van der Waals surface area (Å²) in [7, 11) is 0. The van der Waals surface area contributed by atoms with E-state index in [1.165, 1.54) is 6.21 Å². The molecule has 30 heavy (non-hydrogen) atoms. The predicted molar refractivity (Wildman–Crippen MR) is 116 cm³/mol. The van der Waals surface area contributed by atoms with Crippen LogP contribution in [0.4, 0.5) is 5.69 Å². The van der Waals surface area contributed by atoms with E-state index in [1.807, 2.05) is 6.92 Å². The van der Waals surface area contributed by atoms with E-state index in [0.29, 0.717) is 28.4 Å². The van der Waals surface area contributed by atoms with Gasteiger partial charge in [-0.1, -0.05) is 30.7 Å². The fourth-order valence-corrected chi connectivity index (χ4v) is 2.32. The molecule has 8 nitrogen and oxygen atoms in total. The largest absolute Gasteiger partial charge is 0.483 e. The predicted octanol–water partition coefficient (Wildman–Crippen LogP) is 2.72. The van der Waals surface area contributed by atoms with Crippen LogP contribution in [-0.4, -0.2) is 36.6 Å². The van der Waals surface area contributed by atoms with Crippen molar-refractivity contribution in [2.75, 3.05) is 11.9 Å². The van der Waals surface area contributed by atoms with Crippen LogP contribution >= 0.6 is 11.6 Å². The van der Waals surface area contributed by atoms with Crippen molar-refractivity contribution >= 4 is 41.2 Å². The molecular formula is C21H23ClN4O4. The molecule has 0 aliphatic carbocycles. The molecule has 2 aromatic carbocycles. The Hall–Kier alpha value is -3.39. The van der Waals surface area contributed by atoms with Crippen molar-refractivity contribution in [3.63, 3.8) is 0 Å². The summed E-state index contributed by atoms with van der Waals surface area (Å²) in [6.07, 6.45) is 2.04. The quantitative estimate of drug-likeness (QED) is 0.340. The number of carbonyl (C=O) groups excluding carboxylic acids is 3. The molecule has 3 amide bonds. The smallest absolute Gasteiger partial charge is 0.329 e. The first-order chi connectivity index (χ1) is 14.4. The highest BCUT2D eigenvalue weighted by Gasteiger charge is 2.14. The second-order valence-corrected chi connectivity index (χ2v) is 6.80. The number of hydrogen-bond acceptors (Lipinski definition) is 5. The van der Waals surface area contributed by atoms with Gasteiger partial charge in [0.25, 0.3) is 5.91 Å². The van der Waals surface area contributed by atoms with Crippen molar-refractivity contribution in [2.24, 2.45) is 5.10 Å². The van der Waals surface area contributed by atoms with Crippen LogP contribution in [0.15, 0.2) is 53.6 Å². The van der Waals surface area contributed by atoms with Gasteiger partial charge in [-0.25, -0.2) is 5.43 Å². The highest BCUT2D eigenvalue weighted by Crippen LogP contribution is 2.16. The van der Waals surface area contributed by atoms with Crippen molar-refractivity contribution in [1.82, 2.24) is 10.7 Å². The van der Waals surface area contributed by atoms with Crippen LogP contribution in [0, 0.1) is 0 Å². The summed E-state index contributed by atoms with van der Waals surface area (Å²) in [5, 5.41) is 9.59. The number of para-hydroxylation sites is 1. The van der Waals surface area contributed by atoms with Gasteiger partial charge in [0.05, 0.1) is 6.21 Å². The van der Waals surface area contributed by atoms with Gasteiger partial charge in [0, 0.05) is 22.3 Å². The lowest BCUT2D eigenvalue weighted by atomic mass is 10.2. The standard InChI is InChI=1S/C21H23ClN4O4/c1-3-14(2)24-20(28)21(29)26-23-12-15-6-4-5-7-18(15)30-13-19(27)25-17-10-8-16(22)9-11-17/h4-12,14H,3,13H2,1-2H3,(H,24,28)(H,25,27)(H,26,29)/b23-12-/t14-/m1/s1. The van der Waals surface area contributed by atoms with E-state index in [0.717, 1.165) is 0 Å². The average molecular weight is 431 g/mol. The lowest BCUT2D eigenvalue weighted by Crippen LogP contribution is -2.41. The maximum atomic E-state index is 12.1. The topological polar surface area (TPSA) is 109 Å². The Morgan fingerprint density at radius 3 is 2.50 bits per heavy atom. The highest BCUT2D eigenvalue weighted by molar-refractivity contribution is 6.35. The van der Waals surface area contributed by atoms with Crippen molar-refractivity contribution in [3.8, 4) is 5.75 Å². The van der Waals surface area contributed by atoms with Gasteiger partial charge < -0.3 is 15.4 Å². The lowest BCUT2D eigenvalue weighted by molar-refractivity contribution is -0.139. The molecule has 0 saturated carbocycles. The molecule has 0 heterocycles. The third-order valence-electron chi connectivity index (χ3n) is 3.97. The Morgan fingerprint density at radius 1 is 1.10 bits per heavy atom. The molecule has 0 unspecified atom stereocenters. The number of ether oxygens (including phenoxy) is 1. The van der Waals surface area contributed by atoms with E-state index in [2.05, 4.69) is 21.2 Å². The van der Waals surface area contributed by atoms with Gasteiger partial charge in [0.15, 0.2) is 6.61 Å². The third kappa shape index (κ3) is 7.56. The van der Waals surface area contributed by atoms with Crippen molar-refractivity contribution in [3.05, 3.63) is 59.1 Å². The number of hydrogen-bond donors (Lipinski definition) is 3. The maximum absolute atomic E-state index is 12.1. The normalized spacial score (nSPS) is 11.6. The molecule has 0 aliphatic rings. The Kier molecular flexibility index (Phi) is 8.83. The van der Waals surface area contributed by atoms with Crippen LogP contribution in [-0.2, 0) is 14.4 Å². The fourth-order valence-electron chi connectivity index (χ4n) is 2.19. The van der Waals surface area contributed by atoms with Gasteiger partial charge in [-0.3, -0.25) is 14.4 Å². The zero-order valence-electron chi connectivity index (χ0n) is 16.6. The van der Waals surface area contributed by atoms with E-state index in [9.17, 15) is 14.4 Å². The van der Waals surface area contributed by atoms with Crippen molar-refractivity contribution < 1.29 is 19.1 Å². The number of carbonyl (C=O) groups is 3. The van der Waals surface area contributed by atoms with Crippen molar-refractivity contribution in [1.29, 1.82) is 0 Å². The Balaban J connectivity index is 1.89. The molecule has 0 radical (unpaired) electrons. The number of amides is 3. The molecule has 2 aromatic rings. The molecule has 158 valence electrons. The van der Waals surface area contributed by atoms with E-state index >= 15 is 0 Å². The Bertz CT molecular complexity index is 915. The summed E-state index contributed by atoms with van der Waals surface area (Å²) in [6.45, 7) is 3.47. The highest BCUT2D eigenvalue weighted by atomic mass is 35.5. The first kappa shape index (κ1) is 22.9. The second-order valence-electron chi connectivity index (χ2n) is 6.36. The summed E-state index contributed by atoms with van der Waals surface area (Å²) in [4.78, 5) is 35.5. The number of nitrogens with zero attached hydrogens (tertiary/aromatic N) is 1. The van der Waals surface area contributed by atoms with Gasteiger partial charge in [-0.15, -0.1) is 0 Å². The van der Waals surface area contributed by atoms with Gasteiger partial charge in [-0.2, -0.15) is 5.10 Å². The molecule has 0 bridgehead atoms. The Labute approximate surface area is 179 Å². The summed E-state index contributed by atoms with van der Waals surface area (Å²) >= 11 is 5.82. The van der Waals surface area contributed by atoms with Crippen LogP contribution < -0.4 is 20.8 Å². The van der Waals surface area contributed by atoms with Gasteiger partial charge in [0.1, 0.15) is 5.75 Å². The van der Waals surface area contributed by atoms with E-state index in [-0.39, 0.29) is 18.6 Å². The number of nitrogens with one attached hydrogen (secondary N) is 3. The molecule has 0 fully saturated rings. The number of benzene rings is 2. The summed E-state index contributed by atoms with van der Waals surface area (Å²) in [5.41, 5.74) is 3.29. The minimum Gasteiger partial charge on any atom is -0.483 e. The molecule has 9 heteroatoms. The Morgan fingerprint density at radius 2 is 1.80 bits per heavy atom. The third-order valence-corrected chi connectivity index (χ3v) is 4.22. The first-order valence-electron chi connectivity index (χ1n) is 9.30. The SMILES string of the molecule is CC[C@@H](C)NC(=O)C(=O)N/N=C\c1ccccc1OCC(=O)Nc1ccc(Cl)cc1. The van der Waals surface area contributed by atoms with Crippen molar-refractivity contribution in [2.45, 2.75) is 26.3 Å². The zero-order valence-corrected chi connectivity index (χ0v) is 17.4. The molecule has 3 N–H and O–H groups in total. The van der Waals surface area contributed by atoms with Gasteiger partial charge >= 0.3 is 11.8 Å². The molecule has 0 saturated heterocycles. The molecule has 2 rings (SSSR count).